The highest BCUT2D eigenvalue weighted by Crippen LogP contribution is 2.18. The highest BCUT2D eigenvalue weighted by atomic mass is 16.5. The van der Waals surface area contributed by atoms with Gasteiger partial charge in [-0.15, -0.1) is 0 Å². The summed E-state index contributed by atoms with van der Waals surface area (Å²) in [6.07, 6.45) is 0. The second kappa shape index (κ2) is 7.92. The number of hydrogen-bond donors (Lipinski definition) is 1. The van der Waals surface area contributed by atoms with Crippen molar-refractivity contribution in [2.24, 2.45) is 0 Å². The number of piperazine rings is 1. The summed E-state index contributed by atoms with van der Waals surface area (Å²) in [6, 6.07) is 16.3. The van der Waals surface area contributed by atoms with Gasteiger partial charge in [0.05, 0.1) is 7.11 Å². The van der Waals surface area contributed by atoms with E-state index in [-0.39, 0.29) is 6.03 Å². The van der Waals surface area contributed by atoms with Crippen LogP contribution < -0.4 is 15.0 Å². The number of carbonyl (C=O) groups excluding carboxylic acids is 1. The normalized spacial score (nSPS) is 14.3. The smallest absolute Gasteiger partial charge is 0.317 e. The van der Waals surface area contributed by atoms with E-state index in [2.05, 4.69) is 41.4 Å². The minimum Gasteiger partial charge on any atom is -0.497 e. The van der Waals surface area contributed by atoms with Gasteiger partial charge in [0.1, 0.15) is 5.75 Å². The number of urea groups is 1. The number of aryl methyl sites for hydroxylation is 1. The second-order valence-electron chi connectivity index (χ2n) is 6.32. The molecule has 2 aromatic carbocycles. The van der Waals surface area contributed by atoms with Crippen molar-refractivity contribution in [2.75, 3.05) is 38.2 Å². The Morgan fingerprint density at radius 1 is 1.08 bits per heavy atom. The van der Waals surface area contributed by atoms with Crippen molar-refractivity contribution in [2.45, 2.75) is 13.5 Å². The van der Waals surface area contributed by atoms with Crippen LogP contribution in [-0.4, -0.2) is 44.2 Å². The maximum atomic E-state index is 12.4. The van der Waals surface area contributed by atoms with Crippen LogP contribution >= 0.6 is 0 Å². The van der Waals surface area contributed by atoms with E-state index in [0.29, 0.717) is 6.54 Å². The average molecular weight is 339 g/mol. The third-order valence-electron chi connectivity index (χ3n) is 4.51. The van der Waals surface area contributed by atoms with E-state index in [1.807, 2.05) is 29.2 Å². The summed E-state index contributed by atoms with van der Waals surface area (Å²) in [7, 11) is 1.64. The minimum atomic E-state index is -0.00767. The summed E-state index contributed by atoms with van der Waals surface area (Å²) in [5.74, 6) is 0.804. The summed E-state index contributed by atoms with van der Waals surface area (Å²) >= 11 is 0. The number of benzene rings is 2. The fourth-order valence-electron chi connectivity index (χ4n) is 3.06. The molecule has 0 radical (unpaired) electrons. The maximum Gasteiger partial charge on any atom is 0.317 e. The van der Waals surface area contributed by atoms with E-state index < -0.39 is 0 Å². The third kappa shape index (κ3) is 4.44. The van der Waals surface area contributed by atoms with Gasteiger partial charge < -0.3 is 19.9 Å². The predicted molar refractivity (Wildman–Crippen MR) is 100 cm³/mol. The number of anilines is 1. The summed E-state index contributed by atoms with van der Waals surface area (Å²) in [5, 5.41) is 3.00. The van der Waals surface area contributed by atoms with Crippen LogP contribution in [-0.2, 0) is 6.54 Å². The van der Waals surface area contributed by atoms with Gasteiger partial charge in [-0.2, -0.15) is 0 Å². The van der Waals surface area contributed by atoms with Gasteiger partial charge in [0, 0.05) is 38.4 Å². The first-order valence-corrected chi connectivity index (χ1v) is 8.63. The molecule has 0 aromatic heterocycles. The summed E-state index contributed by atoms with van der Waals surface area (Å²) in [5.41, 5.74) is 3.53. The van der Waals surface area contributed by atoms with Gasteiger partial charge in [0.2, 0.25) is 0 Å². The molecule has 0 aliphatic carbocycles. The Bertz CT molecular complexity index is 724. The van der Waals surface area contributed by atoms with Crippen LogP contribution in [0, 0.1) is 6.92 Å². The van der Waals surface area contributed by atoms with E-state index in [1.54, 1.807) is 7.11 Å². The van der Waals surface area contributed by atoms with E-state index in [4.69, 9.17) is 4.74 Å². The van der Waals surface area contributed by atoms with Crippen molar-refractivity contribution < 1.29 is 9.53 Å². The van der Waals surface area contributed by atoms with Gasteiger partial charge in [0.15, 0.2) is 0 Å². The number of amides is 2. The Labute approximate surface area is 149 Å². The standard InChI is InChI=1S/C20H25N3O2/c1-16-5-3-7-18(13-16)22-9-11-23(12-10-22)20(24)21-15-17-6-4-8-19(14-17)25-2/h3-8,13-14H,9-12,15H2,1-2H3,(H,21,24). The SMILES string of the molecule is COc1cccc(CNC(=O)N2CCN(c3cccc(C)c3)CC2)c1. The molecule has 132 valence electrons. The van der Waals surface area contributed by atoms with Gasteiger partial charge in [0.25, 0.3) is 0 Å². The number of methoxy groups -OCH3 is 1. The number of ether oxygens (including phenoxy) is 1. The van der Waals surface area contributed by atoms with E-state index in [9.17, 15) is 4.79 Å². The highest BCUT2D eigenvalue weighted by molar-refractivity contribution is 5.74. The summed E-state index contributed by atoms with van der Waals surface area (Å²) in [6.45, 7) is 5.79. The number of carbonyl (C=O) groups is 1. The minimum absolute atomic E-state index is 0.00767. The van der Waals surface area contributed by atoms with Crippen LogP contribution in [0.1, 0.15) is 11.1 Å². The van der Waals surface area contributed by atoms with Crippen LogP contribution in [0.2, 0.25) is 0 Å². The monoisotopic (exact) mass is 339 g/mol. The lowest BCUT2D eigenvalue weighted by molar-refractivity contribution is 0.194. The predicted octanol–water partition coefficient (Wildman–Crippen LogP) is 3.04. The van der Waals surface area contributed by atoms with Gasteiger partial charge in [-0.05, 0) is 42.3 Å². The van der Waals surface area contributed by atoms with Crippen LogP contribution in [0.4, 0.5) is 10.5 Å². The van der Waals surface area contributed by atoms with E-state index >= 15 is 0 Å². The average Bonchev–Trinajstić information content (AvgIpc) is 2.66. The number of nitrogens with one attached hydrogen (secondary N) is 1. The van der Waals surface area contributed by atoms with Crippen LogP contribution in [0.3, 0.4) is 0 Å². The molecule has 0 saturated carbocycles. The number of rotatable bonds is 4. The quantitative estimate of drug-likeness (QED) is 0.931. The molecule has 0 bridgehead atoms. The molecule has 5 heteroatoms. The van der Waals surface area contributed by atoms with E-state index in [0.717, 1.165) is 37.5 Å². The molecular weight excluding hydrogens is 314 g/mol. The first-order valence-electron chi connectivity index (χ1n) is 8.63. The molecule has 2 amide bonds. The number of nitrogens with zero attached hydrogens (tertiary/aromatic N) is 2. The highest BCUT2D eigenvalue weighted by Gasteiger charge is 2.21. The molecule has 1 aliphatic rings. The molecule has 1 aliphatic heterocycles. The molecule has 5 nitrogen and oxygen atoms in total. The third-order valence-corrected chi connectivity index (χ3v) is 4.51. The lowest BCUT2D eigenvalue weighted by Crippen LogP contribution is -2.51. The Kier molecular flexibility index (Phi) is 5.43. The lowest BCUT2D eigenvalue weighted by atomic mass is 10.2. The van der Waals surface area contributed by atoms with Crippen molar-refractivity contribution in [1.82, 2.24) is 10.2 Å². The van der Waals surface area contributed by atoms with E-state index in [1.165, 1.54) is 11.3 Å². The summed E-state index contributed by atoms with van der Waals surface area (Å²) in [4.78, 5) is 16.6. The molecule has 0 spiro atoms. The van der Waals surface area contributed by atoms with Crippen molar-refractivity contribution in [3.8, 4) is 5.75 Å². The number of hydrogen-bond acceptors (Lipinski definition) is 3. The fraction of sp³-hybridized carbons (Fsp3) is 0.350. The maximum absolute atomic E-state index is 12.4. The van der Waals surface area contributed by atoms with Gasteiger partial charge in [-0.25, -0.2) is 4.79 Å². The second-order valence-corrected chi connectivity index (χ2v) is 6.32. The largest absolute Gasteiger partial charge is 0.497 e. The molecule has 0 atom stereocenters. The molecule has 1 fully saturated rings. The molecule has 3 rings (SSSR count). The topological polar surface area (TPSA) is 44.8 Å². The molecule has 1 heterocycles. The van der Waals surface area contributed by atoms with Crippen LogP contribution in [0.15, 0.2) is 48.5 Å². The zero-order valence-electron chi connectivity index (χ0n) is 14.9. The van der Waals surface area contributed by atoms with Crippen molar-refractivity contribution in [1.29, 1.82) is 0 Å². The zero-order valence-corrected chi connectivity index (χ0v) is 14.9. The molecule has 25 heavy (non-hydrogen) atoms. The van der Waals surface area contributed by atoms with Crippen molar-refractivity contribution in [3.63, 3.8) is 0 Å². The van der Waals surface area contributed by atoms with Crippen molar-refractivity contribution in [3.05, 3.63) is 59.7 Å². The Balaban J connectivity index is 1.49. The van der Waals surface area contributed by atoms with Crippen molar-refractivity contribution >= 4 is 11.7 Å². The molecule has 2 aromatic rings. The Morgan fingerprint density at radius 3 is 2.56 bits per heavy atom. The molecule has 1 saturated heterocycles. The Hall–Kier alpha value is -2.69. The van der Waals surface area contributed by atoms with Gasteiger partial charge >= 0.3 is 6.03 Å². The molecular formula is C20H25N3O2. The van der Waals surface area contributed by atoms with Gasteiger partial charge in [-0.1, -0.05) is 24.3 Å². The lowest BCUT2D eigenvalue weighted by Gasteiger charge is -2.36. The summed E-state index contributed by atoms with van der Waals surface area (Å²) < 4.78 is 5.21. The van der Waals surface area contributed by atoms with Crippen LogP contribution in [0.5, 0.6) is 5.75 Å². The fourth-order valence-corrected chi connectivity index (χ4v) is 3.06. The molecule has 1 N–H and O–H groups in total. The first-order chi connectivity index (χ1) is 12.2. The van der Waals surface area contributed by atoms with Crippen LogP contribution in [0.25, 0.3) is 0 Å². The molecule has 0 unspecified atom stereocenters. The van der Waals surface area contributed by atoms with Gasteiger partial charge in [-0.3, -0.25) is 0 Å². The Morgan fingerprint density at radius 2 is 1.84 bits per heavy atom. The first kappa shape index (κ1) is 17.1. The zero-order chi connectivity index (χ0) is 17.6.